The summed E-state index contributed by atoms with van der Waals surface area (Å²) in [4.78, 5) is 23.0. The minimum Gasteiger partial charge on any atom is -0.475 e. The van der Waals surface area contributed by atoms with Gasteiger partial charge in [0, 0.05) is 23.7 Å². The van der Waals surface area contributed by atoms with Crippen LogP contribution in [0.25, 0.3) is 11.0 Å². The molecule has 0 saturated carbocycles. The van der Waals surface area contributed by atoms with Gasteiger partial charge in [-0.15, -0.1) is 0 Å². The van der Waals surface area contributed by atoms with E-state index >= 15 is 0 Å². The molecular formula is C16H15N3O6S. The Morgan fingerprint density at radius 1 is 1.27 bits per heavy atom. The topological polar surface area (TPSA) is 127 Å². The van der Waals surface area contributed by atoms with E-state index in [0.717, 1.165) is 5.39 Å². The van der Waals surface area contributed by atoms with Gasteiger partial charge in [0.25, 0.3) is 11.8 Å². The van der Waals surface area contributed by atoms with Crippen LogP contribution in [0.5, 0.6) is 5.88 Å². The Bertz CT molecular complexity index is 873. The number of carbonyl (C=O) groups is 2. The number of fused-ring (bicyclic) bond motifs is 1. The Morgan fingerprint density at radius 3 is 2.92 bits per heavy atom. The van der Waals surface area contributed by atoms with Gasteiger partial charge in [0.1, 0.15) is 5.58 Å². The SMILES string of the molecule is O=C(NO)Sc1cc(OCCCNC(=O)c2cc3ccccc3o2)no1. The van der Waals surface area contributed by atoms with Gasteiger partial charge in [0.2, 0.25) is 5.09 Å². The number of rotatable bonds is 7. The summed E-state index contributed by atoms with van der Waals surface area (Å²) in [5.74, 6) is 0.172. The van der Waals surface area contributed by atoms with Gasteiger partial charge in [0.05, 0.1) is 12.7 Å². The van der Waals surface area contributed by atoms with Crippen molar-refractivity contribution in [1.82, 2.24) is 16.0 Å². The molecule has 2 heterocycles. The lowest BCUT2D eigenvalue weighted by Crippen LogP contribution is -2.25. The highest BCUT2D eigenvalue weighted by Crippen LogP contribution is 2.23. The number of hydrogen-bond donors (Lipinski definition) is 3. The first-order valence-electron chi connectivity index (χ1n) is 7.64. The van der Waals surface area contributed by atoms with E-state index in [1.54, 1.807) is 12.1 Å². The average Bonchev–Trinajstić information content (AvgIpc) is 3.27. The molecule has 0 atom stereocenters. The van der Waals surface area contributed by atoms with Crippen molar-refractivity contribution in [3.8, 4) is 5.88 Å². The lowest BCUT2D eigenvalue weighted by atomic mass is 10.2. The molecule has 0 radical (unpaired) electrons. The predicted molar refractivity (Wildman–Crippen MR) is 91.3 cm³/mol. The minimum absolute atomic E-state index is 0.185. The largest absolute Gasteiger partial charge is 0.475 e. The Kier molecular flexibility index (Phi) is 5.77. The molecule has 0 bridgehead atoms. The zero-order valence-corrected chi connectivity index (χ0v) is 14.2. The number of furan rings is 1. The van der Waals surface area contributed by atoms with Crippen molar-refractivity contribution in [2.24, 2.45) is 0 Å². The van der Waals surface area contributed by atoms with Crippen molar-refractivity contribution in [2.75, 3.05) is 13.2 Å². The fourth-order valence-electron chi connectivity index (χ4n) is 2.11. The van der Waals surface area contributed by atoms with Crippen molar-refractivity contribution in [1.29, 1.82) is 0 Å². The van der Waals surface area contributed by atoms with Crippen LogP contribution < -0.4 is 15.5 Å². The number of thioether (sulfide) groups is 1. The highest BCUT2D eigenvalue weighted by atomic mass is 32.2. The number of nitrogens with zero attached hydrogens (tertiary/aromatic N) is 1. The van der Waals surface area contributed by atoms with Gasteiger partial charge in [-0.25, -0.2) is 5.48 Å². The summed E-state index contributed by atoms with van der Waals surface area (Å²) in [5, 5.41) is 15.1. The van der Waals surface area contributed by atoms with Crippen LogP contribution in [-0.4, -0.2) is 34.7 Å². The number of nitrogens with one attached hydrogen (secondary N) is 2. The van der Waals surface area contributed by atoms with Crippen LogP contribution in [0.3, 0.4) is 0 Å². The molecule has 136 valence electrons. The maximum atomic E-state index is 12.0. The smallest absolute Gasteiger partial charge is 0.310 e. The molecule has 3 N–H and O–H groups in total. The van der Waals surface area contributed by atoms with Gasteiger partial charge in [-0.3, -0.25) is 14.8 Å². The zero-order valence-electron chi connectivity index (χ0n) is 13.4. The minimum atomic E-state index is -0.694. The first kappa shape index (κ1) is 17.8. The molecule has 0 aliphatic carbocycles. The van der Waals surface area contributed by atoms with Crippen LogP contribution in [-0.2, 0) is 0 Å². The summed E-state index contributed by atoms with van der Waals surface area (Å²) in [5.41, 5.74) is 2.13. The standard InChI is InChI=1S/C16H15N3O6S/c20-15(12-8-10-4-1-2-5-11(10)24-12)17-6-3-7-23-13-9-14(25-19-13)26-16(21)18-22/h1-2,4-5,8-9,22H,3,6-7H2,(H,17,20)(H,18,21). The molecule has 3 aromatic rings. The number of para-hydroxylation sites is 1. The van der Waals surface area contributed by atoms with E-state index < -0.39 is 5.24 Å². The van der Waals surface area contributed by atoms with E-state index in [0.29, 0.717) is 36.9 Å². The molecule has 10 heteroatoms. The summed E-state index contributed by atoms with van der Waals surface area (Å²) in [6.45, 7) is 0.686. The molecule has 2 aromatic heterocycles. The molecule has 0 unspecified atom stereocenters. The van der Waals surface area contributed by atoms with Crippen LogP contribution in [0, 0.1) is 0 Å². The molecule has 3 rings (SSSR count). The number of hydroxylamine groups is 1. The molecule has 0 aliphatic heterocycles. The Labute approximate surface area is 151 Å². The first-order valence-corrected chi connectivity index (χ1v) is 8.45. The van der Waals surface area contributed by atoms with Crippen LogP contribution in [0.1, 0.15) is 17.0 Å². The maximum Gasteiger partial charge on any atom is 0.310 e. The molecule has 0 fully saturated rings. The molecule has 0 aliphatic rings. The molecular weight excluding hydrogens is 362 g/mol. The van der Waals surface area contributed by atoms with E-state index in [9.17, 15) is 9.59 Å². The molecule has 0 saturated heterocycles. The fraction of sp³-hybridized carbons (Fsp3) is 0.188. The summed E-state index contributed by atoms with van der Waals surface area (Å²) >= 11 is 0.635. The van der Waals surface area contributed by atoms with Gasteiger partial charge >= 0.3 is 5.24 Å². The summed E-state index contributed by atoms with van der Waals surface area (Å²) in [7, 11) is 0. The fourth-order valence-corrected chi connectivity index (χ4v) is 2.57. The maximum absolute atomic E-state index is 12.0. The van der Waals surface area contributed by atoms with Crippen LogP contribution in [0.4, 0.5) is 4.79 Å². The molecule has 26 heavy (non-hydrogen) atoms. The third-order valence-electron chi connectivity index (χ3n) is 3.26. The Balaban J connectivity index is 1.39. The second-order valence-corrected chi connectivity index (χ2v) is 6.07. The van der Waals surface area contributed by atoms with E-state index in [2.05, 4.69) is 10.5 Å². The second kappa shape index (κ2) is 8.41. The summed E-state index contributed by atoms with van der Waals surface area (Å²) < 4.78 is 15.7. The van der Waals surface area contributed by atoms with Gasteiger partial charge in [-0.2, -0.15) is 0 Å². The summed E-state index contributed by atoms with van der Waals surface area (Å²) in [6.07, 6.45) is 0.540. The van der Waals surface area contributed by atoms with Gasteiger partial charge in [0.15, 0.2) is 5.76 Å². The van der Waals surface area contributed by atoms with Crippen LogP contribution in [0.2, 0.25) is 0 Å². The van der Waals surface area contributed by atoms with E-state index in [1.165, 1.54) is 11.5 Å². The van der Waals surface area contributed by atoms with E-state index in [1.807, 2.05) is 18.2 Å². The van der Waals surface area contributed by atoms with Gasteiger partial charge < -0.3 is 19.0 Å². The number of amides is 2. The number of aromatic nitrogens is 1. The predicted octanol–water partition coefficient (Wildman–Crippen LogP) is 2.81. The Hall–Kier alpha value is -2.98. The summed E-state index contributed by atoms with van der Waals surface area (Å²) in [6, 6.07) is 10.5. The van der Waals surface area contributed by atoms with Crippen molar-refractivity contribution in [3.63, 3.8) is 0 Å². The van der Waals surface area contributed by atoms with Gasteiger partial charge in [-0.05, 0) is 23.7 Å². The van der Waals surface area contributed by atoms with Gasteiger partial charge in [-0.1, -0.05) is 18.2 Å². The quantitative estimate of drug-likeness (QED) is 0.248. The molecule has 1 aromatic carbocycles. The second-order valence-electron chi connectivity index (χ2n) is 5.09. The van der Waals surface area contributed by atoms with Crippen LogP contribution >= 0.6 is 11.8 Å². The third-order valence-corrected chi connectivity index (χ3v) is 3.93. The number of ether oxygens (including phenoxy) is 1. The van der Waals surface area contributed by atoms with Crippen molar-refractivity contribution in [3.05, 3.63) is 42.2 Å². The third kappa shape index (κ3) is 4.55. The van der Waals surface area contributed by atoms with Crippen molar-refractivity contribution < 1.29 is 28.5 Å². The number of benzene rings is 1. The number of carbonyl (C=O) groups excluding carboxylic acids is 2. The lowest BCUT2D eigenvalue weighted by Gasteiger charge is -2.03. The highest BCUT2D eigenvalue weighted by molar-refractivity contribution is 8.13. The number of hydrogen-bond acceptors (Lipinski definition) is 8. The Morgan fingerprint density at radius 2 is 2.12 bits per heavy atom. The van der Waals surface area contributed by atoms with Crippen molar-refractivity contribution in [2.45, 2.75) is 11.5 Å². The first-order chi connectivity index (χ1) is 12.7. The average molecular weight is 377 g/mol. The van der Waals surface area contributed by atoms with E-state index in [4.69, 9.17) is 18.9 Å². The molecule has 0 spiro atoms. The normalized spacial score (nSPS) is 10.7. The highest BCUT2D eigenvalue weighted by Gasteiger charge is 2.12. The zero-order chi connectivity index (χ0) is 18.4. The lowest BCUT2D eigenvalue weighted by molar-refractivity contribution is 0.0926. The molecule has 2 amide bonds. The monoisotopic (exact) mass is 377 g/mol. The molecule has 9 nitrogen and oxygen atoms in total. The van der Waals surface area contributed by atoms with E-state index in [-0.39, 0.29) is 22.6 Å². The van der Waals surface area contributed by atoms with Crippen molar-refractivity contribution >= 4 is 33.9 Å². The van der Waals surface area contributed by atoms with Crippen LogP contribution in [0.15, 0.2) is 50.4 Å².